The molecule has 1 atom stereocenters. The average Bonchev–Trinajstić information content (AvgIpc) is 2.77. The van der Waals surface area contributed by atoms with Crippen molar-refractivity contribution in [3.05, 3.63) is 23.8 Å². The summed E-state index contributed by atoms with van der Waals surface area (Å²) in [5.41, 5.74) is 1.17. The predicted octanol–water partition coefficient (Wildman–Crippen LogP) is 3.69. The molecule has 1 aliphatic rings. The van der Waals surface area contributed by atoms with Crippen LogP contribution in [0.5, 0.6) is 11.5 Å². The molecule has 1 aromatic carbocycles. The number of guanidine groups is 1. The molecule has 1 saturated heterocycles. The topological polar surface area (TPSA) is 67.4 Å². The monoisotopic (exact) mass is 548 g/mol. The van der Waals surface area contributed by atoms with Gasteiger partial charge in [-0.2, -0.15) is 0 Å². The third-order valence-electron chi connectivity index (χ3n) is 5.30. The van der Waals surface area contributed by atoms with Crippen molar-refractivity contribution in [2.75, 3.05) is 60.2 Å². The van der Waals surface area contributed by atoms with Crippen LogP contribution in [0.2, 0.25) is 0 Å². The van der Waals surface area contributed by atoms with Gasteiger partial charge in [0.1, 0.15) is 0 Å². The number of halogens is 1. The quantitative estimate of drug-likeness (QED) is 0.190. The second-order valence-electron chi connectivity index (χ2n) is 7.96. The van der Waals surface area contributed by atoms with Gasteiger partial charge in [-0.3, -0.25) is 9.89 Å². The first-order chi connectivity index (χ1) is 14.6. The lowest BCUT2D eigenvalue weighted by Gasteiger charge is -2.34. The molecule has 0 amide bonds. The van der Waals surface area contributed by atoms with E-state index in [1.54, 1.807) is 14.2 Å². The zero-order valence-corrected chi connectivity index (χ0v) is 22.1. The molecule has 1 fully saturated rings. The Morgan fingerprint density at radius 2 is 1.84 bits per heavy atom. The molecule has 0 aliphatic carbocycles. The van der Waals surface area contributed by atoms with Crippen molar-refractivity contribution in [1.82, 2.24) is 15.5 Å². The third kappa shape index (κ3) is 9.41. The molecular weight excluding hydrogens is 507 g/mol. The van der Waals surface area contributed by atoms with Gasteiger partial charge in [-0.05, 0) is 43.4 Å². The minimum Gasteiger partial charge on any atom is -0.493 e. The van der Waals surface area contributed by atoms with Crippen LogP contribution in [0, 0.1) is 5.92 Å². The number of morpholine rings is 1. The normalized spacial score (nSPS) is 15.9. The van der Waals surface area contributed by atoms with Gasteiger partial charge in [-0.15, -0.1) is 24.0 Å². The molecule has 2 rings (SSSR count). The van der Waals surface area contributed by atoms with Crippen molar-refractivity contribution in [1.29, 1.82) is 0 Å². The van der Waals surface area contributed by atoms with Gasteiger partial charge < -0.3 is 24.8 Å². The Morgan fingerprint density at radius 1 is 1.13 bits per heavy atom. The van der Waals surface area contributed by atoms with Gasteiger partial charge in [0, 0.05) is 26.2 Å². The van der Waals surface area contributed by atoms with Gasteiger partial charge in [-0.25, -0.2) is 0 Å². The first-order valence-electron chi connectivity index (χ1n) is 11.1. The lowest BCUT2D eigenvalue weighted by atomic mass is 10.0. The first-order valence-corrected chi connectivity index (χ1v) is 11.1. The molecular formula is C23H41IN4O3. The summed E-state index contributed by atoms with van der Waals surface area (Å²) >= 11 is 0. The van der Waals surface area contributed by atoms with Gasteiger partial charge in [0.2, 0.25) is 0 Å². The van der Waals surface area contributed by atoms with Crippen molar-refractivity contribution in [3.8, 4) is 11.5 Å². The molecule has 31 heavy (non-hydrogen) atoms. The van der Waals surface area contributed by atoms with Crippen LogP contribution in [0.1, 0.15) is 45.2 Å². The highest BCUT2D eigenvalue weighted by atomic mass is 127. The van der Waals surface area contributed by atoms with E-state index in [0.717, 1.165) is 69.2 Å². The number of nitrogens with one attached hydrogen (secondary N) is 2. The Kier molecular flexibility index (Phi) is 13.9. The number of rotatable bonds is 11. The van der Waals surface area contributed by atoms with Crippen LogP contribution in [-0.4, -0.2) is 71.0 Å². The number of hydrogen-bond acceptors (Lipinski definition) is 5. The lowest BCUT2D eigenvalue weighted by Crippen LogP contribution is -2.42. The predicted molar refractivity (Wildman–Crippen MR) is 138 cm³/mol. The van der Waals surface area contributed by atoms with E-state index < -0.39 is 0 Å². The summed E-state index contributed by atoms with van der Waals surface area (Å²) < 4.78 is 16.5. The van der Waals surface area contributed by atoms with E-state index >= 15 is 0 Å². The Balaban J connectivity index is 0.00000480. The molecule has 1 aliphatic heterocycles. The molecule has 7 nitrogen and oxygen atoms in total. The van der Waals surface area contributed by atoms with E-state index in [1.165, 1.54) is 12.0 Å². The van der Waals surface area contributed by atoms with Gasteiger partial charge in [-0.1, -0.05) is 19.9 Å². The zero-order valence-electron chi connectivity index (χ0n) is 19.8. The Hall–Kier alpha value is -1.26. The van der Waals surface area contributed by atoms with Crippen molar-refractivity contribution in [2.45, 2.75) is 39.7 Å². The highest BCUT2D eigenvalue weighted by Gasteiger charge is 2.24. The van der Waals surface area contributed by atoms with E-state index in [2.05, 4.69) is 48.4 Å². The van der Waals surface area contributed by atoms with Gasteiger partial charge in [0.25, 0.3) is 0 Å². The maximum atomic E-state index is 5.57. The molecule has 0 radical (unpaired) electrons. The molecule has 0 saturated carbocycles. The second-order valence-corrected chi connectivity index (χ2v) is 7.96. The highest BCUT2D eigenvalue weighted by Crippen LogP contribution is 2.32. The number of benzene rings is 1. The second kappa shape index (κ2) is 15.5. The van der Waals surface area contributed by atoms with E-state index in [-0.39, 0.29) is 30.0 Å². The summed E-state index contributed by atoms with van der Waals surface area (Å²) in [7, 11) is 3.34. The largest absolute Gasteiger partial charge is 0.493 e. The maximum absolute atomic E-state index is 5.57. The number of methoxy groups -OCH3 is 2. The van der Waals surface area contributed by atoms with Crippen molar-refractivity contribution in [3.63, 3.8) is 0 Å². The standard InChI is InChI=1S/C23H40N4O3.HI/c1-6-24-23(25-11-7-8-18(2)3)26-17-20(27-12-14-30-15-13-27)19-9-10-21(28-4)22(16-19)29-5;/h9-10,16,18,20H,6-8,11-15,17H2,1-5H3,(H2,24,25,26);1H. The molecule has 1 unspecified atom stereocenters. The fraction of sp³-hybridized carbons (Fsp3) is 0.696. The molecule has 8 heteroatoms. The highest BCUT2D eigenvalue weighted by molar-refractivity contribution is 14.0. The number of nitrogens with zero attached hydrogens (tertiary/aromatic N) is 2. The van der Waals surface area contributed by atoms with E-state index in [0.29, 0.717) is 6.54 Å². The van der Waals surface area contributed by atoms with Crippen molar-refractivity contribution < 1.29 is 14.2 Å². The fourth-order valence-corrected chi connectivity index (χ4v) is 3.62. The summed E-state index contributed by atoms with van der Waals surface area (Å²) in [5.74, 6) is 3.09. The smallest absolute Gasteiger partial charge is 0.191 e. The SMILES string of the molecule is CCNC(=NCC(c1ccc(OC)c(OC)c1)N1CCOCC1)NCCCC(C)C.I. The summed E-state index contributed by atoms with van der Waals surface area (Å²) in [4.78, 5) is 7.36. The molecule has 0 spiro atoms. The van der Waals surface area contributed by atoms with Crippen molar-refractivity contribution >= 4 is 29.9 Å². The van der Waals surface area contributed by atoms with Crippen LogP contribution in [-0.2, 0) is 4.74 Å². The van der Waals surface area contributed by atoms with E-state index in [4.69, 9.17) is 19.2 Å². The maximum Gasteiger partial charge on any atom is 0.191 e. The summed E-state index contributed by atoms with van der Waals surface area (Å²) in [6.07, 6.45) is 2.36. The molecule has 1 aromatic rings. The van der Waals surface area contributed by atoms with Gasteiger partial charge in [0.05, 0.1) is 40.0 Å². The summed E-state index contributed by atoms with van der Waals surface area (Å²) in [6.45, 7) is 12.3. The zero-order chi connectivity index (χ0) is 21.8. The average molecular weight is 549 g/mol. The molecule has 1 heterocycles. The Bertz CT molecular complexity index is 652. The summed E-state index contributed by atoms with van der Waals surface area (Å²) in [5, 5.41) is 6.85. The Labute approximate surface area is 205 Å². The van der Waals surface area contributed by atoms with Crippen LogP contribution in [0.15, 0.2) is 23.2 Å². The fourth-order valence-electron chi connectivity index (χ4n) is 3.62. The van der Waals surface area contributed by atoms with Crippen molar-refractivity contribution in [2.24, 2.45) is 10.9 Å². The molecule has 0 aromatic heterocycles. The third-order valence-corrected chi connectivity index (χ3v) is 5.30. The van der Waals surface area contributed by atoms with Crippen LogP contribution in [0.4, 0.5) is 0 Å². The minimum absolute atomic E-state index is 0. The van der Waals surface area contributed by atoms with Crippen LogP contribution < -0.4 is 20.1 Å². The van der Waals surface area contributed by atoms with Gasteiger partial charge in [0.15, 0.2) is 17.5 Å². The number of ether oxygens (including phenoxy) is 3. The minimum atomic E-state index is 0. The van der Waals surface area contributed by atoms with E-state index in [1.807, 2.05) is 6.07 Å². The lowest BCUT2D eigenvalue weighted by molar-refractivity contribution is 0.0179. The summed E-state index contributed by atoms with van der Waals surface area (Å²) in [6, 6.07) is 6.30. The number of aliphatic imine (C=N–C) groups is 1. The number of hydrogen-bond donors (Lipinski definition) is 2. The molecule has 2 N–H and O–H groups in total. The van der Waals surface area contributed by atoms with Crippen LogP contribution >= 0.6 is 24.0 Å². The molecule has 178 valence electrons. The van der Waals surface area contributed by atoms with Gasteiger partial charge >= 0.3 is 0 Å². The Morgan fingerprint density at radius 3 is 2.45 bits per heavy atom. The first kappa shape index (κ1) is 27.8. The van der Waals surface area contributed by atoms with Crippen LogP contribution in [0.25, 0.3) is 0 Å². The van der Waals surface area contributed by atoms with Crippen LogP contribution in [0.3, 0.4) is 0 Å². The van der Waals surface area contributed by atoms with E-state index in [9.17, 15) is 0 Å². The molecule has 0 bridgehead atoms.